The zero-order chi connectivity index (χ0) is 19.2. The van der Waals surface area contributed by atoms with Crippen LogP contribution in [-0.2, 0) is 9.59 Å². The average molecular weight is 408 g/mol. The Morgan fingerprint density at radius 2 is 2.15 bits per heavy atom. The van der Waals surface area contributed by atoms with E-state index in [2.05, 4.69) is 10.3 Å². The van der Waals surface area contributed by atoms with Gasteiger partial charge in [0.25, 0.3) is 0 Å². The number of ether oxygens (including phenoxy) is 1. The van der Waals surface area contributed by atoms with Gasteiger partial charge in [0.2, 0.25) is 11.8 Å². The molecule has 0 bridgehead atoms. The van der Waals surface area contributed by atoms with E-state index in [1.165, 1.54) is 11.3 Å². The quantitative estimate of drug-likeness (QED) is 0.806. The lowest BCUT2D eigenvalue weighted by Gasteiger charge is -2.23. The minimum Gasteiger partial charge on any atom is -0.495 e. The van der Waals surface area contributed by atoms with Crippen molar-refractivity contribution in [3.05, 3.63) is 28.6 Å². The van der Waals surface area contributed by atoms with Crippen LogP contribution >= 0.6 is 22.9 Å². The molecule has 0 unspecified atom stereocenters. The lowest BCUT2D eigenvalue weighted by atomic mass is 10.1. The Morgan fingerprint density at radius 1 is 1.33 bits per heavy atom. The Morgan fingerprint density at radius 3 is 2.93 bits per heavy atom. The third-order valence-corrected chi connectivity index (χ3v) is 5.51. The van der Waals surface area contributed by atoms with Crippen molar-refractivity contribution in [1.82, 2.24) is 9.88 Å². The molecule has 1 aliphatic heterocycles. The second-order valence-electron chi connectivity index (χ2n) is 6.41. The number of carbonyl (C=O) groups excluding carboxylic acids is 2. The maximum absolute atomic E-state index is 12.3. The van der Waals surface area contributed by atoms with Gasteiger partial charge >= 0.3 is 0 Å². The number of hydrogen-bond acceptors (Lipinski definition) is 5. The highest BCUT2D eigenvalue weighted by Gasteiger charge is 2.19. The highest BCUT2D eigenvalue weighted by atomic mass is 35.5. The van der Waals surface area contributed by atoms with E-state index in [0.29, 0.717) is 28.9 Å². The predicted molar refractivity (Wildman–Crippen MR) is 107 cm³/mol. The summed E-state index contributed by atoms with van der Waals surface area (Å²) in [5.74, 6) is 0.428. The number of methoxy groups -OCH3 is 1. The maximum Gasteiger partial charge on any atom is 0.245 e. The van der Waals surface area contributed by atoms with Gasteiger partial charge in [-0.3, -0.25) is 9.59 Å². The number of amides is 2. The SMILES string of the molecule is COc1ccc(-c2csc(NC(=O)CN3CCCCCCC3=O)n2)cc1Cl. The summed E-state index contributed by atoms with van der Waals surface area (Å²) in [7, 11) is 1.56. The van der Waals surface area contributed by atoms with Crippen molar-refractivity contribution in [2.24, 2.45) is 0 Å². The van der Waals surface area contributed by atoms with Gasteiger partial charge in [0, 0.05) is 23.9 Å². The standard InChI is InChI=1S/C19H22ClN3O3S/c1-26-16-8-7-13(10-14(16)20)15-12-27-19(21-15)22-17(24)11-23-9-5-3-2-4-6-18(23)25/h7-8,10,12H,2-6,9,11H2,1H3,(H,21,22,24). The molecule has 0 aliphatic carbocycles. The summed E-state index contributed by atoms with van der Waals surface area (Å²) >= 11 is 7.50. The van der Waals surface area contributed by atoms with Gasteiger partial charge in [-0.15, -0.1) is 11.3 Å². The van der Waals surface area contributed by atoms with Crippen LogP contribution in [0.5, 0.6) is 5.75 Å². The number of carbonyl (C=O) groups is 2. The molecular weight excluding hydrogens is 386 g/mol. The second-order valence-corrected chi connectivity index (χ2v) is 7.68. The molecule has 1 aliphatic rings. The van der Waals surface area contributed by atoms with E-state index < -0.39 is 0 Å². The molecule has 1 aromatic carbocycles. The fourth-order valence-electron chi connectivity index (χ4n) is 3.00. The van der Waals surface area contributed by atoms with Gasteiger partial charge in [0.15, 0.2) is 5.13 Å². The Hall–Kier alpha value is -2.12. The van der Waals surface area contributed by atoms with E-state index in [1.54, 1.807) is 24.1 Å². The topological polar surface area (TPSA) is 71.5 Å². The van der Waals surface area contributed by atoms with Gasteiger partial charge in [-0.05, 0) is 31.0 Å². The summed E-state index contributed by atoms with van der Waals surface area (Å²) in [5.41, 5.74) is 1.57. The number of likely N-dealkylation sites (tertiary alicyclic amines) is 1. The summed E-state index contributed by atoms with van der Waals surface area (Å²) < 4.78 is 5.15. The summed E-state index contributed by atoms with van der Waals surface area (Å²) in [4.78, 5) is 30.6. The molecule has 0 spiro atoms. The molecule has 1 fully saturated rings. The average Bonchev–Trinajstić information content (AvgIpc) is 3.10. The largest absolute Gasteiger partial charge is 0.495 e. The number of thiazole rings is 1. The van der Waals surface area contributed by atoms with Crippen molar-refractivity contribution >= 4 is 39.9 Å². The third-order valence-electron chi connectivity index (χ3n) is 4.45. The van der Waals surface area contributed by atoms with Crippen LogP contribution in [0.4, 0.5) is 5.13 Å². The lowest BCUT2D eigenvalue weighted by Crippen LogP contribution is -2.39. The summed E-state index contributed by atoms with van der Waals surface area (Å²) in [6, 6.07) is 5.42. The van der Waals surface area contributed by atoms with Gasteiger partial charge < -0.3 is 15.0 Å². The summed E-state index contributed by atoms with van der Waals surface area (Å²) in [6.45, 7) is 0.710. The molecule has 27 heavy (non-hydrogen) atoms. The first-order valence-corrected chi connectivity index (χ1v) is 10.2. The summed E-state index contributed by atoms with van der Waals surface area (Å²) in [6.07, 6.45) is 4.55. The Balaban J connectivity index is 1.62. The zero-order valence-electron chi connectivity index (χ0n) is 15.2. The number of aromatic nitrogens is 1. The van der Waals surface area contributed by atoms with Crippen molar-refractivity contribution in [2.45, 2.75) is 32.1 Å². The van der Waals surface area contributed by atoms with Crippen LogP contribution in [0, 0.1) is 0 Å². The molecule has 8 heteroatoms. The molecule has 1 N–H and O–H groups in total. The molecule has 2 aromatic rings. The van der Waals surface area contributed by atoms with Gasteiger partial charge in [-0.2, -0.15) is 0 Å². The molecule has 1 saturated heterocycles. The number of nitrogens with one attached hydrogen (secondary N) is 1. The van der Waals surface area contributed by atoms with Crippen LogP contribution < -0.4 is 10.1 Å². The molecule has 0 atom stereocenters. The predicted octanol–water partition coefficient (Wildman–Crippen LogP) is 4.20. The summed E-state index contributed by atoms with van der Waals surface area (Å²) in [5, 5.41) is 5.65. The Labute approximate surface area is 167 Å². The first kappa shape index (κ1) is 19.6. The van der Waals surface area contributed by atoms with Crippen molar-refractivity contribution < 1.29 is 14.3 Å². The number of anilines is 1. The van der Waals surface area contributed by atoms with E-state index in [-0.39, 0.29) is 18.4 Å². The van der Waals surface area contributed by atoms with E-state index in [1.807, 2.05) is 11.4 Å². The number of halogens is 1. The van der Waals surface area contributed by atoms with Crippen LogP contribution in [0.3, 0.4) is 0 Å². The first-order chi connectivity index (χ1) is 13.1. The number of benzene rings is 1. The van der Waals surface area contributed by atoms with Crippen molar-refractivity contribution in [1.29, 1.82) is 0 Å². The molecule has 6 nitrogen and oxygen atoms in total. The Kier molecular flexibility index (Phi) is 6.68. The minimum absolute atomic E-state index is 0.0533. The van der Waals surface area contributed by atoms with E-state index in [9.17, 15) is 9.59 Å². The lowest BCUT2D eigenvalue weighted by molar-refractivity contribution is -0.135. The number of rotatable bonds is 5. The van der Waals surface area contributed by atoms with Crippen LogP contribution in [0.25, 0.3) is 11.3 Å². The number of nitrogens with zero attached hydrogens (tertiary/aromatic N) is 2. The molecule has 0 radical (unpaired) electrons. The number of hydrogen-bond donors (Lipinski definition) is 1. The van der Waals surface area contributed by atoms with Crippen LogP contribution in [-0.4, -0.2) is 41.9 Å². The van der Waals surface area contributed by atoms with E-state index in [0.717, 1.165) is 36.9 Å². The Bertz CT molecular complexity index is 824. The molecule has 2 heterocycles. The maximum atomic E-state index is 12.3. The van der Waals surface area contributed by atoms with Crippen LogP contribution in [0.2, 0.25) is 5.02 Å². The van der Waals surface area contributed by atoms with E-state index in [4.69, 9.17) is 16.3 Å². The molecule has 2 amide bonds. The third kappa shape index (κ3) is 5.20. The fraction of sp³-hybridized carbons (Fsp3) is 0.421. The van der Waals surface area contributed by atoms with E-state index >= 15 is 0 Å². The van der Waals surface area contributed by atoms with Crippen LogP contribution in [0.1, 0.15) is 32.1 Å². The highest BCUT2D eigenvalue weighted by Crippen LogP contribution is 2.31. The zero-order valence-corrected chi connectivity index (χ0v) is 16.7. The molecule has 0 saturated carbocycles. The van der Waals surface area contributed by atoms with Crippen molar-refractivity contribution in [3.63, 3.8) is 0 Å². The minimum atomic E-state index is -0.224. The second kappa shape index (κ2) is 9.19. The fourth-order valence-corrected chi connectivity index (χ4v) is 4.00. The van der Waals surface area contributed by atoms with Crippen molar-refractivity contribution in [2.75, 3.05) is 25.5 Å². The molecular formula is C19H22ClN3O3S. The van der Waals surface area contributed by atoms with Crippen molar-refractivity contribution in [3.8, 4) is 17.0 Å². The molecule has 144 valence electrons. The highest BCUT2D eigenvalue weighted by molar-refractivity contribution is 7.14. The van der Waals surface area contributed by atoms with Gasteiger partial charge in [0.05, 0.1) is 24.4 Å². The molecule has 3 rings (SSSR count). The first-order valence-electron chi connectivity index (χ1n) is 8.94. The van der Waals surface area contributed by atoms with Gasteiger partial charge in [-0.1, -0.05) is 24.4 Å². The van der Waals surface area contributed by atoms with Gasteiger partial charge in [-0.25, -0.2) is 4.98 Å². The normalized spacial score (nSPS) is 15.2. The monoisotopic (exact) mass is 407 g/mol. The van der Waals surface area contributed by atoms with Crippen LogP contribution in [0.15, 0.2) is 23.6 Å². The van der Waals surface area contributed by atoms with Gasteiger partial charge in [0.1, 0.15) is 5.75 Å². The smallest absolute Gasteiger partial charge is 0.245 e. The molecule has 1 aromatic heterocycles.